The number of rotatable bonds is 7. The van der Waals surface area contributed by atoms with Gasteiger partial charge < -0.3 is 5.32 Å². The van der Waals surface area contributed by atoms with Crippen molar-refractivity contribution >= 4 is 32.5 Å². The molecule has 0 amide bonds. The van der Waals surface area contributed by atoms with Gasteiger partial charge in [0.1, 0.15) is 0 Å². The highest BCUT2D eigenvalue weighted by Gasteiger charge is 2.30. The molecule has 1 saturated heterocycles. The minimum atomic E-state index is -3.58. The smallest absolute Gasteiger partial charge is 0.243 e. The summed E-state index contributed by atoms with van der Waals surface area (Å²) in [5.74, 6) is 0.814. The molecule has 0 bridgehead atoms. The zero-order chi connectivity index (χ0) is 18.1. The highest BCUT2D eigenvalue weighted by atomic mass is 35.5. The van der Waals surface area contributed by atoms with Crippen LogP contribution in [0, 0.1) is 5.92 Å². The monoisotopic (exact) mass is 423 g/mol. The molecule has 1 aliphatic heterocycles. The highest BCUT2D eigenvalue weighted by Crippen LogP contribution is 2.28. The number of hydrogen-bond donors (Lipinski definition) is 2. The van der Waals surface area contributed by atoms with Crippen LogP contribution in [0.2, 0.25) is 0 Å². The van der Waals surface area contributed by atoms with E-state index in [2.05, 4.69) is 10.0 Å². The fourth-order valence-corrected chi connectivity index (χ4v) is 5.21. The molecule has 2 aliphatic rings. The Kier molecular flexibility index (Phi) is 7.09. The standard InChI is InChI=1S/C16H25N3O4S2.ClH/c1-17-24(20,21)15-4-6-16(7-5-15)25(22,23)19-10-8-14(9-11-19)18-12-13-2-3-13;/h4-7,13-14,17-18H,2-3,8-12H2,1H3;1H. The summed E-state index contributed by atoms with van der Waals surface area (Å²) >= 11 is 0. The van der Waals surface area contributed by atoms with Crippen molar-refractivity contribution in [2.75, 3.05) is 26.7 Å². The molecule has 2 fully saturated rings. The van der Waals surface area contributed by atoms with Crippen molar-refractivity contribution < 1.29 is 16.8 Å². The minimum Gasteiger partial charge on any atom is -0.314 e. The molecule has 7 nitrogen and oxygen atoms in total. The van der Waals surface area contributed by atoms with Crippen LogP contribution in [0.3, 0.4) is 0 Å². The van der Waals surface area contributed by atoms with Gasteiger partial charge in [-0.1, -0.05) is 0 Å². The van der Waals surface area contributed by atoms with Crippen molar-refractivity contribution in [1.29, 1.82) is 0 Å². The SMILES string of the molecule is CNS(=O)(=O)c1ccc(S(=O)(=O)N2CCC(NCC3CC3)CC2)cc1.Cl. The van der Waals surface area contributed by atoms with Crippen molar-refractivity contribution in [3.05, 3.63) is 24.3 Å². The Morgan fingerprint density at radius 1 is 0.962 bits per heavy atom. The molecule has 26 heavy (non-hydrogen) atoms. The van der Waals surface area contributed by atoms with Crippen LogP contribution >= 0.6 is 12.4 Å². The van der Waals surface area contributed by atoms with Crippen LogP contribution in [0.25, 0.3) is 0 Å². The number of piperidine rings is 1. The van der Waals surface area contributed by atoms with Crippen LogP contribution in [-0.4, -0.2) is 53.9 Å². The van der Waals surface area contributed by atoms with Crippen molar-refractivity contribution in [3.8, 4) is 0 Å². The van der Waals surface area contributed by atoms with Crippen LogP contribution in [-0.2, 0) is 20.0 Å². The molecule has 1 aromatic carbocycles. The average molecular weight is 424 g/mol. The fourth-order valence-electron chi connectivity index (χ4n) is 3.01. The quantitative estimate of drug-likeness (QED) is 0.686. The van der Waals surface area contributed by atoms with Crippen molar-refractivity contribution in [2.45, 2.75) is 41.5 Å². The Morgan fingerprint density at radius 2 is 1.50 bits per heavy atom. The molecule has 1 saturated carbocycles. The van der Waals surface area contributed by atoms with E-state index >= 15 is 0 Å². The van der Waals surface area contributed by atoms with Gasteiger partial charge in [0.2, 0.25) is 20.0 Å². The molecule has 2 N–H and O–H groups in total. The molecule has 0 spiro atoms. The summed E-state index contributed by atoms with van der Waals surface area (Å²) in [6, 6.07) is 5.74. The zero-order valence-corrected chi connectivity index (χ0v) is 17.2. The first-order valence-electron chi connectivity index (χ1n) is 8.60. The van der Waals surface area contributed by atoms with Gasteiger partial charge in [-0.3, -0.25) is 0 Å². The lowest BCUT2D eigenvalue weighted by molar-refractivity contribution is 0.288. The second kappa shape index (κ2) is 8.53. The van der Waals surface area contributed by atoms with E-state index in [0.29, 0.717) is 19.1 Å². The molecule has 0 atom stereocenters. The maximum Gasteiger partial charge on any atom is 0.243 e. The van der Waals surface area contributed by atoms with E-state index in [4.69, 9.17) is 0 Å². The zero-order valence-electron chi connectivity index (χ0n) is 14.7. The topological polar surface area (TPSA) is 95.6 Å². The Hall–Kier alpha value is -0.710. The van der Waals surface area contributed by atoms with Gasteiger partial charge in [0, 0.05) is 19.1 Å². The van der Waals surface area contributed by atoms with Gasteiger partial charge in [-0.05, 0) is 69.5 Å². The third kappa shape index (κ3) is 4.96. The van der Waals surface area contributed by atoms with Gasteiger partial charge >= 0.3 is 0 Å². The Bertz CT molecular complexity index is 800. The third-order valence-electron chi connectivity index (χ3n) is 4.89. The van der Waals surface area contributed by atoms with Crippen molar-refractivity contribution in [1.82, 2.24) is 14.3 Å². The lowest BCUT2D eigenvalue weighted by atomic mass is 10.1. The van der Waals surface area contributed by atoms with E-state index in [0.717, 1.165) is 25.3 Å². The summed E-state index contributed by atoms with van der Waals surface area (Å²) in [6.07, 6.45) is 4.22. The summed E-state index contributed by atoms with van der Waals surface area (Å²) in [4.78, 5) is 0.184. The number of sulfonamides is 2. The number of hydrogen-bond acceptors (Lipinski definition) is 5. The molecule has 0 unspecified atom stereocenters. The van der Waals surface area contributed by atoms with Crippen LogP contribution in [0.15, 0.2) is 34.1 Å². The number of halogens is 1. The second-order valence-electron chi connectivity index (χ2n) is 6.71. The van der Waals surface area contributed by atoms with E-state index < -0.39 is 20.0 Å². The summed E-state index contributed by atoms with van der Waals surface area (Å²) in [6.45, 7) is 2.02. The Labute approximate surface area is 162 Å². The van der Waals surface area contributed by atoms with Gasteiger partial charge in [-0.2, -0.15) is 4.31 Å². The van der Waals surface area contributed by atoms with Crippen molar-refractivity contribution in [2.24, 2.45) is 5.92 Å². The van der Waals surface area contributed by atoms with E-state index in [9.17, 15) is 16.8 Å². The van der Waals surface area contributed by atoms with Gasteiger partial charge in [0.25, 0.3) is 0 Å². The Balaban J connectivity index is 0.00000243. The predicted octanol–water partition coefficient (Wildman–Crippen LogP) is 1.17. The molecule has 10 heteroatoms. The molecule has 1 aliphatic carbocycles. The third-order valence-corrected chi connectivity index (χ3v) is 8.23. The van der Waals surface area contributed by atoms with Crippen LogP contribution < -0.4 is 10.0 Å². The lowest BCUT2D eigenvalue weighted by Gasteiger charge is -2.31. The molecule has 1 aromatic rings. The first-order chi connectivity index (χ1) is 11.8. The highest BCUT2D eigenvalue weighted by molar-refractivity contribution is 7.89. The predicted molar refractivity (Wildman–Crippen MR) is 102 cm³/mol. The summed E-state index contributed by atoms with van der Waals surface area (Å²) in [7, 11) is -5.83. The van der Waals surface area contributed by atoms with E-state index in [1.807, 2.05) is 0 Å². The van der Waals surface area contributed by atoms with Gasteiger partial charge in [-0.25, -0.2) is 21.6 Å². The van der Waals surface area contributed by atoms with Gasteiger partial charge in [0.15, 0.2) is 0 Å². The fraction of sp³-hybridized carbons (Fsp3) is 0.625. The van der Waals surface area contributed by atoms with Crippen LogP contribution in [0.5, 0.6) is 0 Å². The largest absolute Gasteiger partial charge is 0.314 e. The molecule has 3 rings (SSSR count). The molecule has 148 valence electrons. The normalized spacial score (nSPS) is 19.9. The van der Waals surface area contributed by atoms with E-state index in [1.165, 1.54) is 48.5 Å². The van der Waals surface area contributed by atoms with Crippen LogP contribution in [0.4, 0.5) is 0 Å². The average Bonchev–Trinajstić information content (AvgIpc) is 3.45. The number of nitrogens with zero attached hydrogens (tertiary/aromatic N) is 1. The molecule has 0 radical (unpaired) electrons. The molecule has 1 heterocycles. The summed E-state index contributed by atoms with van der Waals surface area (Å²) in [5.41, 5.74) is 0. The first kappa shape index (κ1) is 21.6. The first-order valence-corrected chi connectivity index (χ1v) is 11.5. The van der Waals surface area contributed by atoms with Gasteiger partial charge in [0.05, 0.1) is 9.79 Å². The van der Waals surface area contributed by atoms with Gasteiger partial charge in [-0.15, -0.1) is 12.4 Å². The molecular formula is C16H26ClN3O4S2. The van der Waals surface area contributed by atoms with E-state index in [1.54, 1.807) is 0 Å². The van der Waals surface area contributed by atoms with E-state index in [-0.39, 0.29) is 22.2 Å². The second-order valence-corrected chi connectivity index (χ2v) is 10.5. The Morgan fingerprint density at radius 3 is 2.00 bits per heavy atom. The number of benzene rings is 1. The van der Waals surface area contributed by atoms with Crippen LogP contribution in [0.1, 0.15) is 25.7 Å². The minimum absolute atomic E-state index is 0. The molecular weight excluding hydrogens is 398 g/mol. The number of nitrogens with one attached hydrogen (secondary N) is 2. The molecule has 0 aromatic heterocycles. The maximum absolute atomic E-state index is 12.7. The summed E-state index contributed by atoms with van der Waals surface area (Å²) in [5, 5.41) is 3.53. The van der Waals surface area contributed by atoms with Crippen molar-refractivity contribution in [3.63, 3.8) is 0 Å². The maximum atomic E-state index is 12.7. The summed E-state index contributed by atoms with van der Waals surface area (Å²) < 4.78 is 52.7. The lowest BCUT2D eigenvalue weighted by Crippen LogP contribution is -2.45.